The maximum atomic E-state index is 12.8. The number of morpholine rings is 1. The van der Waals surface area contributed by atoms with Gasteiger partial charge >= 0.3 is 6.03 Å². The number of amides is 2. The van der Waals surface area contributed by atoms with Gasteiger partial charge in [0.25, 0.3) is 0 Å². The standard InChI is InChI=1S/C17H25N3O4S/c1-13(2)18-17(21)19-6-5-14-11-16(4-3-15(14)12-19)25(22,23)20-7-9-24-10-8-20/h3-4,11,13H,5-10,12H2,1-2H3,(H,18,21). The third-order valence-electron chi connectivity index (χ3n) is 4.50. The van der Waals surface area contributed by atoms with Crippen LogP contribution in [0.15, 0.2) is 23.1 Å². The molecule has 2 heterocycles. The van der Waals surface area contributed by atoms with Crippen molar-refractivity contribution in [1.29, 1.82) is 0 Å². The average molecular weight is 367 g/mol. The number of rotatable bonds is 3. The molecule has 138 valence electrons. The highest BCUT2D eigenvalue weighted by Gasteiger charge is 2.28. The molecule has 0 atom stereocenters. The van der Waals surface area contributed by atoms with E-state index in [1.807, 2.05) is 19.9 Å². The maximum absolute atomic E-state index is 12.8. The van der Waals surface area contributed by atoms with Crippen molar-refractivity contribution >= 4 is 16.1 Å². The van der Waals surface area contributed by atoms with Gasteiger partial charge < -0.3 is 15.0 Å². The summed E-state index contributed by atoms with van der Waals surface area (Å²) in [6.07, 6.45) is 0.660. The fourth-order valence-electron chi connectivity index (χ4n) is 3.14. The minimum Gasteiger partial charge on any atom is -0.379 e. The van der Waals surface area contributed by atoms with Crippen LogP contribution in [0.1, 0.15) is 25.0 Å². The molecule has 3 rings (SSSR count). The smallest absolute Gasteiger partial charge is 0.317 e. The normalized spacial score (nSPS) is 18.9. The van der Waals surface area contributed by atoms with Crippen molar-refractivity contribution in [1.82, 2.24) is 14.5 Å². The molecule has 0 bridgehead atoms. The molecule has 2 aliphatic rings. The monoisotopic (exact) mass is 367 g/mol. The minimum atomic E-state index is -3.48. The van der Waals surface area contributed by atoms with Gasteiger partial charge in [-0.1, -0.05) is 6.07 Å². The summed E-state index contributed by atoms with van der Waals surface area (Å²) in [5.41, 5.74) is 2.01. The van der Waals surface area contributed by atoms with Crippen LogP contribution in [0.5, 0.6) is 0 Å². The molecule has 0 aromatic heterocycles. The molecule has 2 amide bonds. The molecule has 0 radical (unpaired) electrons. The van der Waals surface area contributed by atoms with Crippen LogP contribution in [0, 0.1) is 0 Å². The number of sulfonamides is 1. The highest BCUT2D eigenvalue weighted by atomic mass is 32.2. The molecule has 0 spiro atoms. The number of hydrogen-bond acceptors (Lipinski definition) is 4. The Bertz CT molecular complexity index is 742. The highest BCUT2D eigenvalue weighted by Crippen LogP contribution is 2.25. The number of carbonyl (C=O) groups is 1. The van der Waals surface area contributed by atoms with Crippen LogP contribution in [-0.4, -0.2) is 62.5 Å². The molecule has 7 nitrogen and oxygen atoms in total. The Morgan fingerprint density at radius 3 is 2.56 bits per heavy atom. The van der Waals surface area contributed by atoms with Gasteiger partial charge in [-0.2, -0.15) is 4.31 Å². The van der Waals surface area contributed by atoms with Gasteiger partial charge in [0.1, 0.15) is 0 Å². The Hall–Kier alpha value is -1.64. The molecule has 0 unspecified atom stereocenters. The second-order valence-corrected chi connectivity index (χ2v) is 8.66. The van der Waals surface area contributed by atoms with Gasteiger partial charge in [-0.25, -0.2) is 13.2 Å². The summed E-state index contributed by atoms with van der Waals surface area (Å²) in [4.78, 5) is 14.2. The molecule has 1 fully saturated rings. The van der Waals surface area contributed by atoms with Crippen molar-refractivity contribution in [3.05, 3.63) is 29.3 Å². The van der Waals surface area contributed by atoms with E-state index in [-0.39, 0.29) is 12.1 Å². The average Bonchev–Trinajstić information content (AvgIpc) is 2.61. The zero-order chi connectivity index (χ0) is 18.0. The number of benzene rings is 1. The molecule has 25 heavy (non-hydrogen) atoms. The number of urea groups is 1. The second-order valence-electron chi connectivity index (χ2n) is 6.72. The van der Waals surface area contributed by atoms with Crippen LogP contribution in [-0.2, 0) is 27.7 Å². The fourth-order valence-corrected chi connectivity index (χ4v) is 4.60. The van der Waals surface area contributed by atoms with E-state index in [0.717, 1.165) is 11.1 Å². The Balaban J connectivity index is 1.77. The quantitative estimate of drug-likeness (QED) is 0.870. The molecule has 1 saturated heterocycles. The van der Waals surface area contributed by atoms with Crippen LogP contribution in [0.3, 0.4) is 0 Å². The van der Waals surface area contributed by atoms with Crippen molar-refractivity contribution in [3.8, 4) is 0 Å². The van der Waals surface area contributed by atoms with Gasteiger partial charge in [-0.15, -0.1) is 0 Å². The number of ether oxygens (including phenoxy) is 1. The Kier molecular flexibility index (Phi) is 5.31. The van der Waals surface area contributed by atoms with Crippen molar-refractivity contribution in [3.63, 3.8) is 0 Å². The van der Waals surface area contributed by atoms with Gasteiger partial charge in [0.2, 0.25) is 10.0 Å². The van der Waals surface area contributed by atoms with Crippen molar-refractivity contribution < 1.29 is 17.9 Å². The molecule has 0 aliphatic carbocycles. The number of nitrogens with one attached hydrogen (secondary N) is 1. The lowest BCUT2D eigenvalue weighted by Gasteiger charge is -2.30. The van der Waals surface area contributed by atoms with Gasteiger partial charge in [0, 0.05) is 32.2 Å². The Labute approximate surface area is 149 Å². The highest BCUT2D eigenvalue weighted by molar-refractivity contribution is 7.89. The third kappa shape index (κ3) is 3.96. The van der Waals surface area contributed by atoms with Crippen molar-refractivity contribution in [2.45, 2.75) is 37.8 Å². The van der Waals surface area contributed by atoms with Crippen LogP contribution < -0.4 is 5.32 Å². The fraction of sp³-hybridized carbons (Fsp3) is 0.588. The van der Waals surface area contributed by atoms with Gasteiger partial charge in [0.15, 0.2) is 0 Å². The number of fused-ring (bicyclic) bond motifs is 1. The van der Waals surface area contributed by atoms with Crippen molar-refractivity contribution in [2.24, 2.45) is 0 Å². The first kappa shape index (κ1) is 18.2. The van der Waals surface area contributed by atoms with E-state index in [1.165, 1.54) is 4.31 Å². The zero-order valence-corrected chi connectivity index (χ0v) is 15.5. The van der Waals surface area contributed by atoms with E-state index in [4.69, 9.17) is 4.74 Å². The molecule has 8 heteroatoms. The molecule has 0 saturated carbocycles. The predicted octanol–water partition coefficient (Wildman–Crippen LogP) is 1.18. The number of nitrogens with zero attached hydrogens (tertiary/aromatic N) is 2. The van der Waals surface area contributed by atoms with Crippen LogP contribution in [0.25, 0.3) is 0 Å². The third-order valence-corrected chi connectivity index (χ3v) is 6.39. The van der Waals surface area contributed by atoms with Gasteiger partial charge in [0.05, 0.1) is 18.1 Å². The molecule has 1 aromatic carbocycles. The minimum absolute atomic E-state index is 0.0781. The summed E-state index contributed by atoms with van der Waals surface area (Å²) in [6.45, 7) is 6.61. The first-order valence-electron chi connectivity index (χ1n) is 8.63. The lowest BCUT2D eigenvalue weighted by atomic mass is 10.0. The topological polar surface area (TPSA) is 79.0 Å². The largest absolute Gasteiger partial charge is 0.379 e. The Morgan fingerprint density at radius 2 is 1.88 bits per heavy atom. The lowest BCUT2D eigenvalue weighted by molar-refractivity contribution is 0.0730. The van der Waals surface area contributed by atoms with Crippen LogP contribution >= 0.6 is 0 Å². The SMILES string of the molecule is CC(C)NC(=O)N1CCc2cc(S(=O)(=O)N3CCOCC3)ccc2C1. The summed E-state index contributed by atoms with van der Waals surface area (Å²) in [5, 5.41) is 2.89. The van der Waals surface area contributed by atoms with Crippen molar-refractivity contribution in [2.75, 3.05) is 32.8 Å². The van der Waals surface area contributed by atoms with Gasteiger partial charge in [-0.05, 0) is 43.5 Å². The first-order chi connectivity index (χ1) is 11.9. The molecule has 1 aromatic rings. The Morgan fingerprint density at radius 1 is 1.16 bits per heavy atom. The van der Waals surface area contributed by atoms with E-state index < -0.39 is 10.0 Å². The molecular weight excluding hydrogens is 342 g/mol. The maximum Gasteiger partial charge on any atom is 0.317 e. The van der Waals surface area contributed by atoms with Gasteiger partial charge in [-0.3, -0.25) is 0 Å². The first-order valence-corrected chi connectivity index (χ1v) is 10.1. The lowest BCUT2D eigenvalue weighted by Crippen LogP contribution is -2.45. The second kappa shape index (κ2) is 7.31. The molecule has 2 aliphatic heterocycles. The van der Waals surface area contributed by atoms with E-state index in [9.17, 15) is 13.2 Å². The molecular formula is C17H25N3O4S. The summed E-state index contributed by atoms with van der Waals surface area (Å²) in [7, 11) is -3.48. The van der Waals surface area contributed by atoms with E-state index in [0.29, 0.717) is 50.7 Å². The van der Waals surface area contributed by atoms with E-state index >= 15 is 0 Å². The predicted molar refractivity (Wildman–Crippen MR) is 93.8 cm³/mol. The van der Waals surface area contributed by atoms with E-state index in [1.54, 1.807) is 17.0 Å². The van der Waals surface area contributed by atoms with Crippen LogP contribution in [0.2, 0.25) is 0 Å². The molecule has 1 N–H and O–H groups in total. The summed E-state index contributed by atoms with van der Waals surface area (Å²) < 4.78 is 32.2. The number of hydrogen-bond donors (Lipinski definition) is 1. The summed E-state index contributed by atoms with van der Waals surface area (Å²) in [5.74, 6) is 0. The van der Waals surface area contributed by atoms with E-state index in [2.05, 4.69) is 5.32 Å². The number of carbonyl (C=O) groups excluding carboxylic acids is 1. The van der Waals surface area contributed by atoms with Crippen LogP contribution in [0.4, 0.5) is 4.79 Å². The zero-order valence-electron chi connectivity index (χ0n) is 14.7. The summed E-state index contributed by atoms with van der Waals surface area (Å²) >= 11 is 0. The summed E-state index contributed by atoms with van der Waals surface area (Å²) in [6, 6.07) is 5.25.